The van der Waals surface area contributed by atoms with Crippen molar-refractivity contribution in [1.82, 2.24) is 0 Å². The lowest BCUT2D eigenvalue weighted by Gasteiger charge is -2.08. The first kappa shape index (κ1) is 18.0. The van der Waals surface area contributed by atoms with Crippen molar-refractivity contribution >= 4 is 17.6 Å². The fraction of sp³-hybridized carbons (Fsp3) is 0.0476. The summed E-state index contributed by atoms with van der Waals surface area (Å²) in [6, 6.07) is 21.7. The van der Waals surface area contributed by atoms with Crippen molar-refractivity contribution in [2.24, 2.45) is 0 Å². The topological polar surface area (TPSA) is 84.9 Å². The number of hydrogen-bond donors (Lipinski definition) is 2. The number of phenolic OH excluding ortho intramolecular Hbond substituents is 1. The average molecular weight is 363 g/mol. The smallest absolute Gasteiger partial charge is 0.338 e. The Bertz CT molecular complexity index is 906. The highest BCUT2D eigenvalue weighted by Gasteiger charge is 2.11. The van der Waals surface area contributed by atoms with E-state index < -0.39 is 18.5 Å². The van der Waals surface area contributed by atoms with E-state index in [0.717, 1.165) is 0 Å². The number of nitrogens with one attached hydrogen (secondary N) is 1. The Hall–Kier alpha value is -3.80. The minimum atomic E-state index is -0.609. The van der Waals surface area contributed by atoms with Gasteiger partial charge >= 0.3 is 5.97 Å². The predicted octanol–water partition coefficient (Wildman–Crippen LogP) is 3.98. The molecule has 27 heavy (non-hydrogen) atoms. The normalized spacial score (nSPS) is 10.1. The molecule has 2 N–H and O–H groups in total. The summed E-state index contributed by atoms with van der Waals surface area (Å²) >= 11 is 0. The van der Waals surface area contributed by atoms with Crippen LogP contribution in [0, 0.1) is 0 Å². The summed E-state index contributed by atoms with van der Waals surface area (Å²) in [4.78, 5) is 23.9. The highest BCUT2D eigenvalue weighted by molar-refractivity contribution is 5.95. The van der Waals surface area contributed by atoms with Gasteiger partial charge in [0.1, 0.15) is 17.2 Å². The lowest BCUT2D eigenvalue weighted by Crippen LogP contribution is -2.20. The maximum atomic E-state index is 12.0. The maximum Gasteiger partial charge on any atom is 0.338 e. The van der Waals surface area contributed by atoms with E-state index in [4.69, 9.17) is 9.47 Å². The molecule has 0 bridgehead atoms. The second kappa shape index (κ2) is 8.53. The molecular formula is C21H17NO5. The lowest BCUT2D eigenvalue weighted by atomic mass is 10.2. The molecule has 1 amide bonds. The molecular weight excluding hydrogens is 346 g/mol. The molecule has 3 aromatic carbocycles. The molecule has 6 heteroatoms. The number of para-hydroxylation sites is 1. The fourth-order valence-electron chi connectivity index (χ4n) is 2.24. The van der Waals surface area contributed by atoms with E-state index in [9.17, 15) is 14.7 Å². The quantitative estimate of drug-likeness (QED) is 0.511. The van der Waals surface area contributed by atoms with Gasteiger partial charge in [0, 0.05) is 5.69 Å². The SMILES string of the molecule is O=C(COC(=O)c1ccc(Oc2ccccc2)cc1)Nc1ccc(O)cc1. The Morgan fingerprint density at radius 2 is 1.44 bits per heavy atom. The lowest BCUT2D eigenvalue weighted by molar-refractivity contribution is -0.119. The van der Waals surface area contributed by atoms with Crippen LogP contribution in [-0.2, 0) is 9.53 Å². The maximum absolute atomic E-state index is 12.0. The molecule has 0 aromatic heterocycles. The zero-order valence-electron chi connectivity index (χ0n) is 14.3. The molecule has 0 aliphatic carbocycles. The third kappa shape index (κ3) is 5.34. The van der Waals surface area contributed by atoms with E-state index in [0.29, 0.717) is 22.7 Å². The fourth-order valence-corrected chi connectivity index (χ4v) is 2.24. The summed E-state index contributed by atoms with van der Waals surface area (Å²) in [6.07, 6.45) is 0. The molecule has 0 aliphatic rings. The highest BCUT2D eigenvalue weighted by Crippen LogP contribution is 2.21. The summed E-state index contributed by atoms with van der Waals surface area (Å²) in [6.45, 7) is -0.415. The van der Waals surface area contributed by atoms with Crippen molar-refractivity contribution in [2.45, 2.75) is 0 Å². The Balaban J connectivity index is 1.50. The van der Waals surface area contributed by atoms with Gasteiger partial charge in [0.15, 0.2) is 6.61 Å². The monoisotopic (exact) mass is 363 g/mol. The van der Waals surface area contributed by atoms with Gasteiger partial charge in [-0.05, 0) is 60.7 Å². The molecule has 0 fully saturated rings. The molecule has 136 valence electrons. The van der Waals surface area contributed by atoms with E-state index in [1.165, 1.54) is 12.1 Å². The Kier molecular flexibility index (Phi) is 5.69. The first-order valence-electron chi connectivity index (χ1n) is 8.19. The standard InChI is InChI=1S/C21H17NO5/c23-17-10-8-16(9-11-17)22-20(24)14-26-21(25)15-6-12-19(13-7-15)27-18-4-2-1-3-5-18/h1-13,23H,14H2,(H,22,24). The van der Waals surface area contributed by atoms with Crippen molar-refractivity contribution < 1.29 is 24.2 Å². The molecule has 0 unspecified atom stereocenters. The zero-order chi connectivity index (χ0) is 19.1. The Morgan fingerprint density at radius 3 is 2.11 bits per heavy atom. The van der Waals surface area contributed by atoms with Crippen molar-refractivity contribution in [2.75, 3.05) is 11.9 Å². The molecule has 0 aliphatic heterocycles. The third-order valence-corrected chi connectivity index (χ3v) is 3.55. The number of benzene rings is 3. The van der Waals surface area contributed by atoms with Gasteiger partial charge in [-0.15, -0.1) is 0 Å². The first-order valence-corrected chi connectivity index (χ1v) is 8.19. The van der Waals surface area contributed by atoms with Crippen LogP contribution >= 0.6 is 0 Å². The molecule has 0 radical (unpaired) electrons. The molecule has 3 aromatic rings. The summed E-state index contributed by atoms with van der Waals surface area (Å²) in [5.41, 5.74) is 0.809. The van der Waals surface area contributed by atoms with Gasteiger partial charge in [-0.3, -0.25) is 4.79 Å². The van der Waals surface area contributed by atoms with Crippen LogP contribution in [0.2, 0.25) is 0 Å². The molecule has 3 rings (SSSR count). The number of anilines is 1. The number of phenols is 1. The molecule has 0 heterocycles. The summed E-state index contributed by atoms with van der Waals surface area (Å²) in [5, 5.41) is 11.8. The molecule has 0 saturated carbocycles. The largest absolute Gasteiger partial charge is 0.508 e. The number of amides is 1. The summed E-state index contributed by atoms with van der Waals surface area (Å²) in [5.74, 6) is 0.292. The van der Waals surface area contributed by atoms with Gasteiger partial charge in [0.25, 0.3) is 5.91 Å². The van der Waals surface area contributed by atoms with E-state index in [1.807, 2.05) is 30.3 Å². The summed E-state index contributed by atoms with van der Waals surface area (Å²) in [7, 11) is 0. The van der Waals surface area contributed by atoms with Crippen LogP contribution in [0.4, 0.5) is 5.69 Å². The van der Waals surface area contributed by atoms with Gasteiger partial charge in [-0.2, -0.15) is 0 Å². The zero-order valence-corrected chi connectivity index (χ0v) is 14.3. The number of rotatable bonds is 6. The molecule has 0 saturated heterocycles. The van der Waals surface area contributed by atoms with Gasteiger partial charge in [-0.25, -0.2) is 4.79 Å². The van der Waals surface area contributed by atoms with E-state index in [2.05, 4.69) is 5.32 Å². The number of esters is 1. The van der Waals surface area contributed by atoms with Crippen LogP contribution in [0.25, 0.3) is 0 Å². The molecule has 0 atom stereocenters. The number of aromatic hydroxyl groups is 1. The van der Waals surface area contributed by atoms with Crippen LogP contribution in [0.1, 0.15) is 10.4 Å². The van der Waals surface area contributed by atoms with Crippen molar-refractivity contribution in [3.63, 3.8) is 0 Å². The van der Waals surface area contributed by atoms with Crippen LogP contribution in [0.5, 0.6) is 17.2 Å². The van der Waals surface area contributed by atoms with Crippen molar-refractivity contribution in [1.29, 1.82) is 0 Å². The molecule has 6 nitrogen and oxygen atoms in total. The summed E-state index contributed by atoms with van der Waals surface area (Å²) < 4.78 is 10.7. The van der Waals surface area contributed by atoms with Gasteiger partial charge in [0.05, 0.1) is 5.56 Å². The van der Waals surface area contributed by atoms with Gasteiger partial charge in [-0.1, -0.05) is 18.2 Å². The van der Waals surface area contributed by atoms with Crippen LogP contribution in [0.15, 0.2) is 78.9 Å². The Morgan fingerprint density at radius 1 is 0.815 bits per heavy atom. The van der Waals surface area contributed by atoms with Gasteiger partial charge < -0.3 is 19.9 Å². The van der Waals surface area contributed by atoms with Crippen LogP contribution < -0.4 is 10.1 Å². The van der Waals surface area contributed by atoms with Gasteiger partial charge in [0.2, 0.25) is 0 Å². The van der Waals surface area contributed by atoms with Crippen molar-refractivity contribution in [3.05, 3.63) is 84.4 Å². The van der Waals surface area contributed by atoms with E-state index >= 15 is 0 Å². The first-order chi connectivity index (χ1) is 13.1. The van der Waals surface area contributed by atoms with Crippen molar-refractivity contribution in [3.8, 4) is 17.2 Å². The third-order valence-electron chi connectivity index (χ3n) is 3.55. The second-order valence-corrected chi connectivity index (χ2v) is 5.61. The average Bonchev–Trinajstić information content (AvgIpc) is 2.69. The number of hydrogen-bond acceptors (Lipinski definition) is 5. The van der Waals surface area contributed by atoms with Crippen LogP contribution in [-0.4, -0.2) is 23.6 Å². The molecule has 0 spiro atoms. The number of ether oxygens (including phenoxy) is 2. The highest BCUT2D eigenvalue weighted by atomic mass is 16.5. The Labute approximate surface area is 156 Å². The van der Waals surface area contributed by atoms with E-state index in [-0.39, 0.29) is 5.75 Å². The number of carbonyl (C=O) groups is 2. The number of carbonyl (C=O) groups excluding carboxylic acids is 2. The second-order valence-electron chi connectivity index (χ2n) is 5.61. The minimum Gasteiger partial charge on any atom is -0.508 e. The van der Waals surface area contributed by atoms with E-state index in [1.54, 1.807) is 36.4 Å². The predicted molar refractivity (Wildman–Crippen MR) is 100.0 cm³/mol. The van der Waals surface area contributed by atoms with Crippen LogP contribution in [0.3, 0.4) is 0 Å². The minimum absolute atomic E-state index is 0.0964.